The van der Waals surface area contributed by atoms with Crippen molar-refractivity contribution in [3.63, 3.8) is 0 Å². The lowest BCUT2D eigenvalue weighted by Crippen LogP contribution is -2.02. The molecule has 2 nitrogen and oxygen atoms in total. The first-order valence-corrected chi connectivity index (χ1v) is 4.44. The van der Waals surface area contributed by atoms with Gasteiger partial charge in [-0.2, -0.15) is 8.78 Å². The van der Waals surface area contributed by atoms with Gasteiger partial charge in [0.2, 0.25) is 0 Å². The Balaban J connectivity index is 2.92. The Hall–Kier alpha value is -0.230. The van der Waals surface area contributed by atoms with Crippen molar-refractivity contribution >= 4 is 31.9 Å². The molecule has 12 heavy (non-hydrogen) atoms. The van der Waals surface area contributed by atoms with Crippen LogP contribution in [0.3, 0.4) is 0 Å². The Bertz CT molecular complexity index is 282. The summed E-state index contributed by atoms with van der Waals surface area (Å²) >= 11 is 6.09. The highest BCUT2D eigenvalue weighted by atomic mass is 79.9. The summed E-state index contributed by atoms with van der Waals surface area (Å²) in [4.78, 5) is 3.79. The van der Waals surface area contributed by atoms with Gasteiger partial charge in [0.15, 0.2) is 0 Å². The van der Waals surface area contributed by atoms with Gasteiger partial charge in [-0.15, -0.1) is 0 Å². The van der Waals surface area contributed by atoms with Crippen LogP contribution in [0.5, 0.6) is 5.75 Å². The lowest BCUT2D eigenvalue weighted by atomic mass is 10.5. The number of alkyl halides is 2. The van der Waals surface area contributed by atoms with Crippen LogP contribution in [0.25, 0.3) is 0 Å². The minimum absolute atomic E-state index is 0.0619. The van der Waals surface area contributed by atoms with Gasteiger partial charge in [-0.1, -0.05) is 0 Å². The molecule has 0 atom stereocenters. The number of pyridine rings is 1. The standard InChI is InChI=1S/C6H3Br2F2NO/c7-4-3(12-6(9)10)1-2-11-5(4)8/h1-2,6H. The molecular weight excluding hydrogens is 300 g/mol. The maximum absolute atomic E-state index is 11.8. The van der Waals surface area contributed by atoms with E-state index >= 15 is 0 Å². The van der Waals surface area contributed by atoms with Gasteiger partial charge in [0, 0.05) is 6.20 Å². The zero-order valence-corrected chi connectivity index (χ0v) is 8.77. The number of rotatable bonds is 2. The van der Waals surface area contributed by atoms with Gasteiger partial charge in [0.1, 0.15) is 10.4 Å². The van der Waals surface area contributed by atoms with Crippen LogP contribution in [0.1, 0.15) is 0 Å². The second kappa shape index (κ2) is 4.13. The molecule has 0 aliphatic carbocycles. The van der Waals surface area contributed by atoms with E-state index in [2.05, 4.69) is 41.6 Å². The topological polar surface area (TPSA) is 22.1 Å². The van der Waals surface area contributed by atoms with Crippen molar-refractivity contribution in [3.8, 4) is 5.75 Å². The van der Waals surface area contributed by atoms with E-state index < -0.39 is 6.61 Å². The molecule has 0 saturated carbocycles. The summed E-state index contributed by atoms with van der Waals surface area (Å²) in [6.45, 7) is -2.82. The summed E-state index contributed by atoms with van der Waals surface area (Å²) in [5.74, 6) is 0.0619. The Morgan fingerprint density at radius 1 is 1.42 bits per heavy atom. The Morgan fingerprint density at radius 2 is 2.08 bits per heavy atom. The maximum Gasteiger partial charge on any atom is 0.387 e. The quantitative estimate of drug-likeness (QED) is 0.783. The molecule has 1 aromatic rings. The number of nitrogens with zero attached hydrogens (tertiary/aromatic N) is 1. The second-order valence-electron chi connectivity index (χ2n) is 1.79. The highest BCUT2D eigenvalue weighted by molar-refractivity contribution is 9.13. The third-order valence-corrected chi connectivity index (χ3v) is 2.93. The van der Waals surface area contributed by atoms with Crippen molar-refractivity contribution in [2.24, 2.45) is 0 Å². The lowest BCUT2D eigenvalue weighted by Gasteiger charge is -2.06. The van der Waals surface area contributed by atoms with Crippen LogP contribution in [-0.4, -0.2) is 11.6 Å². The Morgan fingerprint density at radius 3 is 2.67 bits per heavy atom. The molecule has 6 heteroatoms. The molecule has 1 aromatic heterocycles. The molecule has 0 spiro atoms. The van der Waals surface area contributed by atoms with E-state index in [4.69, 9.17) is 0 Å². The summed E-state index contributed by atoms with van der Waals surface area (Å²) in [5.41, 5.74) is 0. The molecule has 1 heterocycles. The predicted molar refractivity (Wildman–Crippen MR) is 46.3 cm³/mol. The minimum atomic E-state index is -2.82. The van der Waals surface area contributed by atoms with Crippen molar-refractivity contribution < 1.29 is 13.5 Å². The highest BCUT2D eigenvalue weighted by Crippen LogP contribution is 2.31. The van der Waals surface area contributed by atoms with Crippen LogP contribution in [0.2, 0.25) is 0 Å². The van der Waals surface area contributed by atoms with E-state index in [1.807, 2.05) is 0 Å². The van der Waals surface area contributed by atoms with E-state index in [1.165, 1.54) is 12.3 Å². The van der Waals surface area contributed by atoms with Crippen LogP contribution in [0.15, 0.2) is 21.3 Å². The third kappa shape index (κ3) is 2.38. The van der Waals surface area contributed by atoms with Crippen molar-refractivity contribution in [1.82, 2.24) is 4.98 Å². The molecule has 0 aliphatic heterocycles. The van der Waals surface area contributed by atoms with Crippen LogP contribution < -0.4 is 4.74 Å². The average Bonchev–Trinajstić information content (AvgIpc) is 1.98. The van der Waals surface area contributed by atoms with Gasteiger partial charge in [-0.05, 0) is 37.9 Å². The molecule has 0 bridgehead atoms. The van der Waals surface area contributed by atoms with E-state index in [-0.39, 0.29) is 5.75 Å². The fraction of sp³-hybridized carbons (Fsp3) is 0.167. The smallest absolute Gasteiger partial charge is 0.387 e. The van der Waals surface area contributed by atoms with Crippen LogP contribution >= 0.6 is 31.9 Å². The van der Waals surface area contributed by atoms with Gasteiger partial charge >= 0.3 is 6.61 Å². The molecule has 0 unspecified atom stereocenters. The summed E-state index contributed by atoms with van der Waals surface area (Å²) in [6, 6.07) is 1.35. The maximum atomic E-state index is 11.8. The zero-order valence-electron chi connectivity index (χ0n) is 5.60. The molecule has 1 rings (SSSR count). The normalized spacial score (nSPS) is 10.4. The van der Waals surface area contributed by atoms with Crippen molar-refractivity contribution in [2.75, 3.05) is 0 Å². The molecule has 0 saturated heterocycles. The minimum Gasteiger partial charge on any atom is -0.433 e. The molecule has 0 fully saturated rings. The van der Waals surface area contributed by atoms with Crippen LogP contribution in [0.4, 0.5) is 8.78 Å². The van der Waals surface area contributed by atoms with E-state index in [1.54, 1.807) is 0 Å². The van der Waals surface area contributed by atoms with Gasteiger partial charge in [-0.25, -0.2) is 4.98 Å². The molecule has 0 radical (unpaired) electrons. The lowest BCUT2D eigenvalue weighted by molar-refractivity contribution is -0.0504. The summed E-state index contributed by atoms with van der Waals surface area (Å²) < 4.78 is 28.5. The Kier molecular flexibility index (Phi) is 3.39. The summed E-state index contributed by atoms with van der Waals surface area (Å²) in [6.07, 6.45) is 1.37. The average molecular weight is 303 g/mol. The number of aromatic nitrogens is 1. The van der Waals surface area contributed by atoms with Gasteiger partial charge in [-0.3, -0.25) is 0 Å². The molecule has 0 aliphatic rings. The number of hydrogen-bond acceptors (Lipinski definition) is 2. The monoisotopic (exact) mass is 301 g/mol. The molecule has 0 amide bonds. The first-order valence-electron chi connectivity index (χ1n) is 2.86. The summed E-state index contributed by atoms with van der Waals surface area (Å²) in [7, 11) is 0. The van der Waals surface area contributed by atoms with Crippen LogP contribution in [-0.2, 0) is 0 Å². The first kappa shape index (κ1) is 9.85. The largest absolute Gasteiger partial charge is 0.433 e. The van der Waals surface area contributed by atoms with Crippen molar-refractivity contribution in [2.45, 2.75) is 6.61 Å². The second-order valence-corrected chi connectivity index (χ2v) is 3.34. The number of hydrogen-bond donors (Lipinski definition) is 0. The molecular formula is C6H3Br2F2NO. The molecule has 0 aromatic carbocycles. The van der Waals surface area contributed by atoms with Gasteiger partial charge < -0.3 is 4.74 Å². The zero-order chi connectivity index (χ0) is 9.14. The van der Waals surface area contributed by atoms with Crippen molar-refractivity contribution in [3.05, 3.63) is 21.3 Å². The highest BCUT2D eigenvalue weighted by Gasteiger charge is 2.10. The number of halogens is 4. The number of ether oxygens (including phenoxy) is 1. The Labute approximate surface area is 84.2 Å². The summed E-state index contributed by atoms with van der Waals surface area (Å²) in [5, 5.41) is 0. The van der Waals surface area contributed by atoms with Gasteiger partial charge in [0.25, 0.3) is 0 Å². The van der Waals surface area contributed by atoms with Crippen molar-refractivity contribution in [1.29, 1.82) is 0 Å². The SMILES string of the molecule is FC(F)Oc1ccnc(Br)c1Br. The fourth-order valence-corrected chi connectivity index (χ4v) is 1.23. The molecule has 66 valence electrons. The van der Waals surface area contributed by atoms with E-state index in [0.29, 0.717) is 9.08 Å². The first-order chi connectivity index (χ1) is 5.61. The van der Waals surface area contributed by atoms with E-state index in [9.17, 15) is 8.78 Å². The molecule has 0 N–H and O–H groups in total. The fourth-order valence-electron chi connectivity index (χ4n) is 0.589. The van der Waals surface area contributed by atoms with E-state index in [0.717, 1.165) is 0 Å². The third-order valence-electron chi connectivity index (χ3n) is 1.03. The van der Waals surface area contributed by atoms with Crippen LogP contribution in [0, 0.1) is 0 Å². The van der Waals surface area contributed by atoms with Gasteiger partial charge in [0.05, 0.1) is 4.47 Å². The predicted octanol–water partition coefficient (Wildman–Crippen LogP) is 3.21.